The van der Waals surface area contributed by atoms with Gasteiger partial charge in [-0.2, -0.15) is 0 Å². The lowest BCUT2D eigenvalue weighted by Gasteiger charge is -2.11. The number of non-ortho nitro benzene ring substituents is 1. The molecule has 3 rings (SSSR count). The van der Waals surface area contributed by atoms with E-state index in [1.54, 1.807) is 43.3 Å². The molecule has 0 aromatic heterocycles. The number of nitro benzene ring substituents is 1. The lowest BCUT2D eigenvalue weighted by Crippen LogP contribution is -2.13. The molecule has 1 N–H and O–H groups in total. The maximum Gasteiger partial charge on any atom is 0.271 e. The van der Waals surface area contributed by atoms with Gasteiger partial charge in [0.25, 0.3) is 11.6 Å². The number of amides is 1. The first-order valence-electron chi connectivity index (χ1n) is 8.46. The summed E-state index contributed by atoms with van der Waals surface area (Å²) >= 11 is 6.12. The molecule has 0 spiro atoms. The Labute approximate surface area is 166 Å². The van der Waals surface area contributed by atoms with E-state index in [0.29, 0.717) is 22.0 Å². The molecule has 0 radical (unpaired) electrons. The lowest BCUT2D eigenvalue weighted by atomic mass is 10.1. The summed E-state index contributed by atoms with van der Waals surface area (Å²) in [6, 6.07) is 18.4. The highest BCUT2D eigenvalue weighted by molar-refractivity contribution is 6.31. The third-order valence-corrected chi connectivity index (χ3v) is 4.50. The van der Waals surface area contributed by atoms with E-state index < -0.39 is 4.92 Å². The molecule has 0 fully saturated rings. The monoisotopic (exact) mass is 396 g/mol. The van der Waals surface area contributed by atoms with E-state index in [9.17, 15) is 14.9 Å². The summed E-state index contributed by atoms with van der Waals surface area (Å²) < 4.78 is 5.73. The summed E-state index contributed by atoms with van der Waals surface area (Å²) in [5, 5.41) is 14.3. The average Bonchev–Trinajstić information content (AvgIpc) is 2.69. The van der Waals surface area contributed by atoms with Crippen molar-refractivity contribution in [2.24, 2.45) is 0 Å². The van der Waals surface area contributed by atoms with Gasteiger partial charge in [-0.05, 0) is 36.8 Å². The van der Waals surface area contributed by atoms with Crippen LogP contribution in [0.25, 0.3) is 0 Å². The number of anilines is 1. The van der Waals surface area contributed by atoms with Crippen molar-refractivity contribution in [3.63, 3.8) is 0 Å². The molecule has 28 heavy (non-hydrogen) atoms. The number of hydrogen-bond acceptors (Lipinski definition) is 4. The maximum absolute atomic E-state index is 12.6. The molecule has 7 heteroatoms. The van der Waals surface area contributed by atoms with Gasteiger partial charge in [-0.3, -0.25) is 14.9 Å². The zero-order chi connectivity index (χ0) is 20.1. The van der Waals surface area contributed by atoms with Crippen LogP contribution in [0, 0.1) is 17.0 Å². The largest absolute Gasteiger partial charge is 0.489 e. The van der Waals surface area contributed by atoms with Gasteiger partial charge in [-0.25, -0.2) is 0 Å². The van der Waals surface area contributed by atoms with Crippen LogP contribution in [0.4, 0.5) is 11.4 Å². The van der Waals surface area contributed by atoms with Crippen LogP contribution in [0.5, 0.6) is 5.75 Å². The number of halogens is 1. The van der Waals surface area contributed by atoms with Crippen LogP contribution in [0.1, 0.15) is 21.5 Å². The van der Waals surface area contributed by atoms with E-state index >= 15 is 0 Å². The second kappa shape index (κ2) is 8.54. The number of carbonyl (C=O) groups is 1. The van der Waals surface area contributed by atoms with Crippen molar-refractivity contribution in [1.29, 1.82) is 0 Å². The molecule has 6 nitrogen and oxygen atoms in total. The minimum atomic E-state index is -0.502. The van der Waals surface area contributed by atoms with Crippen molar-refractivity contribution in [3.8, 4) is 5.75 Å². The van der Waals surface area contributed by atoms with Gasteiger partial charge >= 0.3 is 0 Å². The molecule has 0 aliphatic carbocycles. The Morgan fingerprint density at radius 3 is 2.64 bits per heavy atom. The maximum atomic E-state index is 12.6. The van der Waals surface area contributed by atoms with Crippen LogP contribution >= 0.6 is 11.6 Å². The van der Waals surface area contributed by atoms with Gasteiger partial charge in [0.2, 0.25) is 0 Å². The van der Waals surface area contributed by atoms with Crippen molar-refractivity contribution >= 4 is 28.9 Å². The van der Waals surface area contributed by atoms with Crippen molar-refractivity contribution in [3.05, 3.63) is 98.6 Å². The standard InChI is InChI=1S/C21H17ClN2O4/c1-14-9-10-17(24(26)27)12-20(14)23-21(25)15-6-4-7-18(11-15)28-13-16-5-2-3-8-19(16)22/h2-12H,13H2,1H3,(H,23,25). The minimum Gasteiger partial charge on any atom is -0.489 e. The number of benzene rings is 3. The Morgan fingerprint density at radius 2 is 1.89 bits per heavy atom. The van der Waals surface area contributed by atoms with Crippen molar-refractivity contribution in [2.45, 2.75) is 13.5 Å². The minimum absolute atomic E-state index is 0.0854. The average molecular weight is 397 g/mol. The SMILES string of the molecule is Cc1ccc([N+](=O)[O-])cc1NC(=O)c1cccc(OCc2ccccc2Cl)c1. The van der Waals surface area contributed by atoms with Gasteiger partial charge in [0.1, 0.15) is 12.4 Å². The molecular formula is C21H17ClN2O4. The number of nitrogens with one attached hydrogen (secondary N) is 1. The molecule has 0 bridgehead atoms. The number of hydrogen-bond donors (Lipinski definition) is 1. The number of rotatable bonds is 6. The summed E-state index contributed by atoms with van der Waals surface area (Å²) in [5.74, 6) is 0.134. The van der Waals surface area contributed by atoms with Crippen molar-refractivity contribution in [1.82, 2.24) is 0 Å². The normalized spacial score (nSPS) is 10.4. The van der Waals surface area contributed by atoms with Crippen LogP contribution in [0.15, 0.2) is 66.7 Å². The van der Waals surface area contributed by atoms with Gasteiger partial charge in [-0.15, -0.1) is 0 Å². The van der Waals surface area contributed by atoms with Crippen LogP contribution < -0.4 is 10.1 Å². The predicted octanol–water partition coefficient (Wildman–Crippen LogP) is 5.39. The van der Waals surface area contributed by atoms with Crippen molar-refractivity contribution < 1.29 is 14.5 Å². The highest BCUT2D eigenvalue weighted by Crippen LogP contribution is 2.24. The molecule has 142 valence electrons. The predicted molar refractivity (Wildman–Crippen MR) is 108 cm³/mol. The number of nitro groups is 1. The number of carbonyl (C=O) groups excluding carboxylic acids is 1. The molecule has 0 atom stereocenters. The van der Waals surface area contributed by atoms with E-state index in [2.05, 4.69) is 5.32 Å². The first kappa shape index (κ1) is 19.4. The van der Waals surface area contributed by atoms with E-state index in [4.69, 9.17) is 16.3 Å². The molecule has 1 amide bonds. The number of nitrogens with zero attached hydrogens (tertiary/aromatic N) is 1. The molecular weight excluding hydrogens is 380 g/mol. The van der Waals surface area contributed by atoms with E-state index in [-0.39, 0.29) is 18.2 Å². The van der Waals surface area contributed by atoms with Gasteiger partial charge in [-0.1, -0.05) is 41.9 Å². The topological polar surface area (TPSA) is 81.5 Å². The molecule has 0 aliphatic rings. The molecule has 0 heterocycles. The Balaban J connectivity index is 1.73. The van der Waals surface area contributed by atoms with E-state index in [0.717, 1.165) is 11.1 Å². The van der Waals surface area contributed by atoms with E-state index in [1.165, 1.54) is 12.1 Å². The highest BCUT2D eigenvalue weighted by atomic mass is 35.5. The zero-order valence-electron chi connectivity index (χ0n) is 15.0. The van der Waals surface area contributed by atoms with Crippen molar-refractivity contribution in [2.75, 3.05) is 5.32 Å². The van der Waals surface area contributed by atoms with Crippen LogP contribution in [-0.2, 0) is 6.61 Å². The fourth-order valence-electron chi connectivity index (χ4n) is 2.56. The second-order valence-corrected chi connectivity index (χ2v) is 6.53. The van der Waals surface area contributed by atoms with Gasteiger partial charge in [0.15, 0.2) is 0 Å². The quantitative estimate of drug-likeness (QED) is 0.447. The Bertz CT molecular complexity index is 1040. The molecule has 0 unspecified atom stereocenters. The third kappa shape index (κ3) is 4.66. The van der Waals surface area contributed by atoms with Gasteiger partial charge in [0.05, 0.1) is 10.6 Å². The fourth-order valence-corrected chi connectivity index (χ4v) is 2.75. The Hall–Kier alpha value is -3.38. The lowest BCUT2D eigenvalue weighted by molar-refractivity contribution is -0.384. The summed E-state index contributed by atoms with van der Waals surface area (Å²) in [6.45, 7) is 2.04. The molecule has 0 saturated carbocycles. The van der Waals surface area contributed by atoms with E-state index in [1.807, 2.05) is 18.2 Å². The van der Waals surface area contributed by atoms with Gasteiger partial charge in [0, 0.05) is 28.3 Å². The first-order valence-corrected chi connectivity index (χ1v) is 8.84. The summed E-state index contributed by atoms with van der Waals surface area (Å²) in [4.78, 5) is 23.0. The van der Waals surface area contributed by atoms with Crippen LogP contribution in [-0.4, -0.2) is 10.8 Å². The molecule has 0 saturated heterocycles. The Kier molecular flexibility index (Phi) is 5.91. The Morgan fingerprint density at radius 1 is 1.11 bits per heavy atom. The van der Waals surface area contributed by atoms with Gasteiger partial charge < -0.3 is 10.1 Å². The molecule has 3 aromatic carbocycles. The number of ether oxygens (including phenoxy) is 1. The van der Waals surface area contributed by atoms with Crippen LogP contribution in [0.2, 0.25) is 5.02 Å². The highest BCUT2D eigenvalue weighted by Gasteiger charge is 2.13. The third-order valence-electron chi connectivity index (χ3n) is 4.13. The smallest absolute Gasteiger partial charge is 0.271 e. The second-order valence-electron chi connectivity index (χ2n) is 6.12. The summed E-state index contributed by atoms with van der Waals surface area (Å²) in [5.41, 5.74) is 2.25. The molecule has 0 aliphatic heterocycles. The van der Waals surface area contributed by atoms with Crippen LogP contribution in [0.3, 0.4) is 0 Å². The zero-order valence-corrected chi connectivity index (χ0v) is 15.8. The number of aryl methyl sites for hydroxylation is 1. The summed E-state index contributed by atoms with van der Waals surface area (Å²) in [6.07, 6.45) is 0. The molecule has 3 aromatic rings. The first-order chi connectivity index (χ1) is 13.4. The summed E-state index contributed by atoms with van der Waals surface area (Å²) in [7, 11) is 0. The fraction of sp³-hybridized carbons (Fsp3) is 0.0952.